The first-order valence-electron chi connectivity index (χ1n) is 16.0. The summed E-state index contributed by atoms with van der Waals surface area (Å²) >= 11 is 3.88. The minimum absolute atomic E-state index is 1.20. The molecule has 2 heteroatoms. The van der Waals surface area contributed by atoms with Gasteiger partial charge in [-0.3, -0.25) is 0 Å². The van der Waals surface area contributed by atoms with Crippen LogP contribution in [-0.2, 0) is 12.8 Å². The molecule has 2 aromatic rings. The molecular weight excluding hydrogens is 521 g/mol. The molecule has 0 nitrogen and oxygen atoms in total. The summed E-state index contributed by atoms with van der Waals surface area (Å²) in [5.41, 5.74) is 6.09. The van der Waals surface area contributed by atoms with E-state index in [1.807, 2.05) is 22.7 Å². The second kappa shape index (κ2) is 13.0. The number of rotatable bonds is 14. The quantitative estimate of drug-likeness (QED) is 0.115. The largest absolute Gasteiger partial charge is 0.144 e. The molecule has 0 aromatic heterocycles. The molecule has 0 saturated carbocycles. The van der Waals surface area contributed by atoms with Crippen LogP contribution in [0, 0.1) is 0 Å². The molecule has 208 valence electrons. The summed E-state index contributed by atoms with van der Waals surface area (Å²) < 4.78 is 0. The first kappa shape index (κ1) is 27.7. The van der Waals surface area contributed by atoms with Crippen molar-refractivity contribution in [2.45, 2.75) is 104 Å². The van der Waals surface area contributed by atoms with Gasteiger partial charge in [-0.2, -0.15) is 0 Å². The number of fused-ring (bicyclic) bond motifs is 9. The van der Waals surface area contributed by atoms with Crippen molar-refractivity contribution in [2.24, 2.45) is 0 Å². The highest BCUT2D eigenvalue weighted by molar-refractivity contribution is 7.14. The van der Waals surface area contributed by atoms with Gasteiger partial charge in [0.15, 0.2) is 0 Å². The van der Waals surface area contributed by atoms with Crippen LogP contribution >= 0.6 is 22.7 Å². The van der Waals surface area contributed by atoms with Gasteiger partial charge < -0.3 is 0 Å². The molecule has 0 atom stereocenters. The Bertz CT molecular complexity index is 1510. The van der Waals surface area contributed by atoms with Gasteiger partial charge in [0, 0.05) is 20.9 Å². The fourth-order valence-electron chi connectivity index (χ4n) is 7.02. The third-order valence-corrected chi connectivity index (χ3v) is 11.0. The van der Waals surface area contributed by atoms with Crippen molar-refractivity contribution in [1.82, 2.24) is 0 Å². The predicted octanol–water partition coefficient (Wildman–Crippen LogP) is 13.3. The highest BCUT2D eigenvalue weighted by Gasteiger charge is 2.23. The maximum absolute atomic E-state index is 2.47. The van der Waals surface area contributed by atoms with E-state index in [0.717, 1.165) is 0 Å². The molecule has 0 radical (unpaired) electrons. The van der Waals surface area contributed by atoms with Crippen molar-refractivity contribution in [3.05, 3.63) is 70.4 Å². The van der Waals surface area contributed by atoms with E-state index < -0.39 is 0 Å². The molecule has 0 spiro atoms. The van der Waals surface area contributed by atoms with E-state index >= 15 is 0 Å². The normalized spacial score (nSPS) is 12.2. The summed E-state index contributed by atoms with van der Waals surface area (Å²) in [7, 11) is 0. The van der Waals surface area contributed by atoms with Gasteiger partial charge in [-0.15, -0.1) is 22.7 Å². The van der Waals surface area contributed by atoms with Crippen LogP contribution in [0.1, 0.15) is 102 Å². The van der Waals surface area contributed by atoms with E-state index in [1.54, 1.807) is 11.1 Å². The fraction of sp³-hybridized carbons (Fsp3) is 0.421. The third-order valence-electron chi connectivity index (χ3n) is 9.04. The van der Waals surface area contributed by atoms with Crippen molar-refractivity contribution in [3.63, 3.8) is 0 Å². The summed E-state index contributed by atoms with van der Waals surface area (Å²) in [5.74, 6) is 0. The maximum Gasteiger partial charge on any atom is 0.0387 e. The summed E-state index contributed by atoms with van der Waals surface area (Å²) in [6.45, 7) is 4.61. The zero-order valence-corrected chi connectivity index (χ0v) is 26.1. The summed E-state index contributed by atoms with van der Waals surface area (Å²) in [4.78, 5) is 3.02. The monoisotopic (exact) mass is 564 g/mol. The number of hydrogen-bond acceptors (Lipinski definition) is 2. The predicted molar refractivity (Wildman–Crippen MR) is 182 cm³/mol. The van der Waals surface area contributed by atoms with Gasteiger partial charge in [0.1, 0.15) is 0 Å². The Kier molecular flexibility index (Phi) is 9.05. The van der Waals surface area contributed by atoms with E-state index in [2.05, 4.69) is 73.1 Å². The van der Waals surface area contributed by atoms with E-state index in [-0.39, 0.29) is 0 Å². The Labute approximate surface area is 249 Å². The molecule has 4 aliphatic rings. The van der Waals surface area contributed by atoms with E-state index in [0.29, 0.717) is 0 Å². The minimum atomic E-state index is 1.20. The molecule has 0 amide bonds. The number of unbranched alkanes of at least 4 members (excludes halogenated alkanes) is 10. The summed E-state index contributed by atoms with van der Waals surface area (Å²) in [6, 6.07) is 19.1. The molecule has 2 aliphatic heterocycles. The number of hydrogen-bond donors (Lipinski definition) is 0. The van der Waals surface area contributed by atoms with Gasteiger partial charge >= 0.3 is 0 Å². The molecule has 0 unspecified atom stereocenters. The van der Waals surface area contributed by atoms with Crippen molar-refractivity contribution in [3.8, 4) is 20.9 Å². The van der Waals surface area contributed by atoms with E-state index in [4.69, 9.17) is 0 Å². The molecule has 0 fully saturated rings. The van der Waals surface area contributed by atoms with E-state index in [1.165, 1.54) is 143 Å². The van der Waals surface area contributed by atoms with Gasteiger partial charge in [-0.1, -0.05) is 127 Å². The second-order valence-corrected chi connectivity index (χ2v) is 13.6. The number of benzene rings is 2. The SMILES string of the molecule is CCCCCCCCc1c2scccc-2c2c1ccc1c2ccc2c(CCCCCCCC)c3scccc-3c21. The van der Waals surface area contributed by atoms with Gasteiger partial charge in [0.2, 0.25) is 0 Å². The lowest BCUT2D eigenvalue weighted by atomic mass is 9.97. The zero-order chi connectivity index (χ0) is 27.3. The average Bonchev–Trinajstić information content (AvgIpc) is 3.49. The maximum atomic E-state index is 2.47. The van der Waals surface area contributed by atoms with Crippen LogP contribution in [0.2, 0.25) is 0 Å². The molecule has 2 aromatic carbocycles. The van der Waals surface area contributed by atoms with Crippen molar-refractivity contribution in [1.29, 1.82) is 0 Å². The number of aryl methyl sites for hydroxylation is 2. The van der Waals surface area contributed by atoms with Crippen LogP contribution in [0.25, 0.3) is 53.2 Å². The fourth-order valence-corrected chi connectivity index (χ4v) is 8.91. The molecular formula is C38H44S2. The Morgan fingerprint density at radius 1 is 0.450 bits per heavy atom. The van der Waals surface area contributed by atoms with Gasteiger partial charge in [-0.05, 0) is 79.9 Å². The van der Waals surface area contributed by atoms with Crippen LogP contribution in [0.4, 0.5) is 0 Å². The molecule has 2 aliphatic carbocycles. The van der Waals surface area contributed by atoms with Crippen LogP contribution in [-0.4, -0.2) is 0 Å². The van der Waals surface area contributed by atoms with Gasteiger partial charge in [0.25, 0.3) is 0 Å². The molecule has 40 heavy (non-hydrogen) atoms. The third kappa shape index (κ3) is 5.30. The molecule has 0 N–H and O–H groups in total. The summed E-state index contributed by atoms with van der Waals surface area (Å²) in [5, 5.41) is 13.4. The lowest BCUT2D eigenvalue weighted by Crippen LogP contribution is -1.87. The lowest BCUT2D eigenvalue weighted by Gasteiger charge is -2.07. The van der Waals surface area contributed by atoms with Gasteiger partial charge in [0.05, 0.1) is 0 Å². The van der Waals surface area contributed by atoms with Crippen LogP contribution in [0.15, 0.2) is 59.3 Å². The Morgan fingerprint density at radius 2 is 0.850 bits per heavy atom. The van der Waals surface area contributed by atoms with Crippen LogP contribution in [0.3, 0.4) is 0 Å². The van der Waals surface area contributed by atoms with Crippen molar-refractivity contribution < 1.29 is 0 Å². The van der Waals surface area contributed by atoms with Crippen molar-refractivity contribution >= 4 is 55.0 Å². The second-order valence-electron chi connectivity index (χ2n) is 11.8. The first-order chi connectivity index (χ1) is 19.8. The molecule has 6 rings (SSSR count). The average molecular weight is 565 g/mol. The van der Waals surface area contributed by atoms with Crippen molar-refractivity contribution in [2.75, 3.05) is 0 Å². The zero-order valence-electron chi connectivity index (χ0n) is 24.5. The smallest absolute Gasteiger partial charge is 0.0387 e. The molecule has 0 saturated heterocycles. The highest BCUT2D eigenvalue weighted by atomic mass is 32.1. The highest BCUT2D eigenvalue weighted by Crippen LogP contribution is 2.49. The Morgan fingerprint density at radius 3 is 1.30 bits per heavy atom. The topological polar surface area (TPSA) is 0 Å². The standard InChI is InChI=1S/C38H44S2/c1-3-5-7-9-11-13-17-31-29-23-21-28-27(35(29)33-19-15-25-39-37(31)33)22-24-30-32(18-14-12-10-8-6-4-2)38-34(36(28)30)20-16-26-40-38/h15-16,19-26H,3-14,17-18H2,1-2H3. The molecule has 2 heterocycles. The van der Waals surface area contributed by atoms with Crippen LogP contribution < -0.4 is 0 Å². The Balaban J connectivity index is 1.41. The lowest BCUT2D eigenvalue weighted by molar-refractivity contribution is 0.608. The Hall–Kier alpha value is -2.42. The van der Waals surface area contributed by atoms with Gasteiger partial charge in [-0.25, -0.2) is 0 Å². The summed E-state index contributed by atoms with van der Waals surface area (Å²) in [6.07, 6.45) is 18.6. The molecule has 0 bridgehead atoms. The first-order valence-corrected chi connectivity index (χ1v) is 17.7. The van der Waals surface area contributed by atoms with Crippen LogP contribution in [0.5, 0.6) is 0 Å². The van der Waals surface area contributed by atoms with E-state index in [9.17, 15) is 0 Å². The minimum Gasteiger partial charge on any atom is -0.144 e.